The number of carboxylic acid groups (broad SMARTS) is 1. The van der Waals surface area contributed by atoms with Crippen molar-refractivity contribution < 1.29 is 37.4 Å². The molecule has 0 aromatic heterocycles. The van der Waals surface area contributed by atoms with Gasteiger partial charge in [0.2, 0.25) is 11.8 Å². The van der Waals surface area contributed by atoms with Gasteiger partial charge in [-0.2, -0.15) is 13.2 Å². The Kier molecular flexibility index (Phi) is 6.22. The van der Waals surface area contributed by atoms with Crippen LogP contribution in [0.4, 0.5) is 13.2 Å². The predicted molar refractivity (Wildman–Crippen MR) is 129 cm³/mol. The van der Waals surface area contributed by atoms with Crippen molar-refractivity contribution in [2.75, 3.05) is 0 Å². The standard InChI is InChI=1S/C28H23F3N2O5/c1-27(26(36)37)22-21(24(34)33(25(22)35)15-16-7-3-2-4-8-16)23(32-27)17-9-5-11-19(13-17)38-20-12-6-10-18(14-20)28(29,30)31/h2-14,21-23,32H,15H2,1H3,(H,36,37). The summed E-state index contributed by atoms with van der Waals surface area (Å²) in [6.07, 6.45) is -4.54. The summed E-state index contributed by atoms with van der Waals surface area (Å²) >= 11 is 0. The molecule has 0 radical (unpaired) electrons. The number of rotatable bonds is 6. The number of amides is 2. The summed E-state index contributed by atoms with van der Waals surface area (Å²) in [6, 6.07) is 18.8. The Morgan fingerprint density at radius 1 is 0.974 bits per heavy atom. The largest absolute Gasteiger partial charge is 0.480 e. The lowest BCUT2D eigenvalue weighted by molar-refractivity contribution is -0.150. The molecule has 4 atom stereocenters. The second-order valence-corrected chi connectivity index (χ2v) is 9.58. The highest BCUT2D eigenvalue weighted by Crippen LogP contribution is 2.49. The van der Waals surface area contributed by atoms with E-state index < -0.39 is 52.9 Å². The number of carboxylic acids is 1. The van der Waals surface area contributed by atoms with Crippen LogP contribution in [0.5, 0.6) is 11.5 Å². The average Bonchev–Trinajstić information content (AvgIpc) is 3.33. The van der Waals surface area contributed by atoms with Crippen LogP contribution >= 0.6 is 0 Å². The van der Waals surface area contributed by atoms with Gasteiger partial charge in [-0.25, -0.2) is 0 Å². The second-order valence-electron chi connectivity index (χ2n) is 9.58. The molecule has 38 heavy (non-hydrogen) atoms. The molecule has 0 aliphatic carbocycles. The van der Waals surface area contributed by atoms with Crippen LogP contribution < -0.4 is 10.1 Å². The van der Waals surface area contributed by atoms with E-state index in [1.54, 1.807) is 36.4 Å². The number of aliphatic carboxylic acids is 1. The first kappa shape index (κ1) is 25.5. The number of carbonyl (C=O) groups is 3. The third-order valence-electron chi connectivity index (χ3n) is 7.12. The highest BCUT2D eigenvalue weighted by Gasteiger charge is 2.66. The average molecular weight is 524 g/mol. The minimum absolute atomic E-state index is 0.0205. The molecule has 2 saturated heterocycles. The van der Waals surface area contributed by atoms with Gasteiger partial charge in [0.05, 0.1) is 23.9 Å². The summed E-state index contributed by atoms with van der Waals surface area (Å²) < 4.78 is 45.0. The maximum absolute atomic E-state index is 13.5. The Balaban J connectivity index is 1.47. The second kappa shape index (κ2) is 9.29. The molecule has 5 rings (SSSR count). The van der Waals surface area contributed by atoms with E-state index in [0.717, 1.165) is 22.6 Å². The number of nitrogens with one attached hydrogen (secondary N) is 1. The molecule has 0 saturated carbocycles. The van der Waals surface area contributed by atoms with Crippen molar-refractivity contribution in [1.29, 1.82) is 0 Å². The van der Waals surface area contributed by atoms with Crippen molar-refractivity contribution in [1.82, 2.24) is 10.2 Å². The molecule has 2 heterocycles. The summed E-state index contributed by atoms with van der Waals surface area (Å²) in [6.45, 7) is 1.40. The quantitative estimate of drug-likeness (QED) is 0.451. The number of ether oxygens (including phenoxy) is 1. The minimum Gasteiger partial charge on any atom is -0.480 e. The summed E-state index contributed by atoms with van der Waals surface area (Å²) in [5, 5.41) is 13.0. The fourth-order valence-electron chi connectivity index (χ4n) is 5.25. The molecule has 0 spiro atoms. The van der Waals surface area contributed by atoms with Gasteiger partial charge in [0, 0.05) is 6.04 Å². The van der Waals surface area contributed by atoms with Crippen molar-refractivity contribution in [3.63, 3.8) is 0 Å². The number of likely N-dealkylation sites (tertiary alicyclic amines) is 1. The summed E-state index contributed by atoms with van der Waals surface area (Å²) in [5.74, 6) is -4.30. The Morgan fingerprint density at radius 3 is 2.29 bits per heavy atom. The third kappa shape index (κ3) is 4.41. The smallest absolute Gasteiger partial charge is 0.416 e. The highest BCUT2D eigenvalue weighted by molar-refractivity contribution is 6.09. The number of carbonyl (C=O) groups excluding carboxylic acids is 2. The van der Waals surface area contributed by atoms with Crippen molar-refractivity contribution in [2.45, 2.75) is 31.2 Å². The zero-order valence-corrected chi connectivity index (χ0v) is 20.1. The summed E-state index contributed by atoms with van der Waals surface area (Å²) in [5.41, 5.74) is -1.38. The van der Waals surface area contributed by atoms with Gasteiger partial charge in [-0.3, -0.25) is 24.6 Å². The minimum atomic E-state index is -4.54. The SMILES string of the molecule is CC1(C(=O)O)NC(c2cccc(Oc3cccc(C(F)(F)F)c3)c2)C2C(=O)N(Cc3ccccc3)C(=O)C21. The van der Waals surface area contributed by atoms with Crippen LogP contribution in [-0.2, 0) is 27.1 Å². The molecule has 7 nitrogen and oxygen atoms in total. The fraction of sp³-hybridized carbons (Fsp3) is 0.250. The maximum Gasteiger partial charge on any atom is 0.416 e. The number of benzene rings is 3. The molecule has 2 aliphatic rings. The third-order valence-corrected chi connectivity index (χ3v) is 7.12. The lowest BCUT2D eigenvalue weighted by Crippen LogP contribution is -2.53. The predicted octanol–water partition coefficient (Wildman–Crippen LogP) is 4.79. The van der Waals surface area contributed by atoms with E-state index in [9.17, 15) is 32.7 Å². The Bertz CT molecular complexity index is 1410. The van der Waals surface area contributed by atoms with E-state index in [0.29, 0.717) is 5.56 Å². The van der Waals surface area contributed by atoms with E-state index in [-0.39, 0.29) is 18.0 Å². The number of hydrogen-bond acceptors (Lipinski definition) is 5. The van der Waals surface area contributed by atoms with Gasteiger partial charge in [0.1, 0.15) is 17.0 Å². The van der Waals surface area contributed by atoms with Crippen LogP contribution in [0, 0.1) is 11.8 Å². The maximum atomic E-state index is 13.5. The Hall–Kier alpha value is -4.18. The van der Waals surface area contributed by atoms with E-state index >= 15 is 0 Å². The summed E-state index contributed by atoms with van der Waals surface area (Å²) in [4.78, 5) is 40.4. The topological polar surface area (TPSA) is 95.9 Å². The monoisotopic (exact) mass is 524 g/mol. The van der Waals surface area contributed by atoms with E-state index in [2.05, 4.69) is 5.32 Å². The van der Waals surface area contributed by atoms with Gasteiger partial charge < -0.3 is 9.84 Å². The normalized spacial score (nSPS) is 24.9. The van der Waals surface area contributed by atoms with E-state index in [4.69, 9.17) is 4.74 Å². The van der Waals surface area contributed by atoms with Gasteiger partial charge in [-0.15, -0.1) is 0 Å². The number of fused-ring (bicyclic) bond motifs is 1. The molecule has 196 valence electrons. The molecule has 2 amide bonds. The van der Waals surface area contributed by atoms with Crippen molar-refractivity contribution in [2.24, 2.45) is 11.8 Å². The number of hydrogen-bond donors (Lipinski definition) is 2. The van der Waals surface area contributed by atoms with Gasteiger partial charge in [-0.05, 0) is 48.4 Å². The number of nitrogens with zero attached hydrogens (tertiary/aromatic N) is 1. The Labute approximate surface area is 215 Å². The van der Waals surface area contributed by atoms with Crippen molar-refractivity contribution in [3.05, 3.63) is 95.6 Å². The van der Waals surface area contributed by atoms with Crippen LogP contribution in [0.15, 0.2) is 78.9 Å². The number of halogens is 3. The van der Waals surface area contributed by atoms with Crippen molar-refractivity contribution >= 4 is 17.8 Å². The number of imide groups is 1. The Morgan fingerprint density at radius 2 is 1.63 bits per heavy atom. The number of alkyl halides is 3. The molecule has 2 N–H and O–H groups in total. The first-order chi connectivity index (χ1) is 18.0. The van der Waals surface area contributed by atoms with E-state index in [1.807, 2.05) is 6.07 Å². The van der Waals surface area contributed by atoms with Gasteiger partial charge in [0.25, 0.3) is 0 Å². The molecule has 3 aromatic rings. The zero-order valence-electron chi connectivity index (χ0n) is 20.1. The first-order valence-electron chi connectivity index (χ1n) is 11.8. The lowest BCUT2D eigenvalue weighted by Gasteiger charge is -2.27. The van der Waals surface area contributed by atoms with Crippen LogP contribution in [0.1, 0.15) is 29.7 Å². The first-order valence-corrected chi connectivity index (χ1v) is 11.8. The molecule has 4 unspecified atom stereocenters. The molecule has 0 bridgehead atoms. The lowest BCUT2D eigenvalue weighted by atomic mass is 9.80. The van der Waals surface area contributed by atoms with Crippen LogP contribution in [-0.4, -0.2) is 33.3 Å². The van der Waals surface area contributed by atoms with Gasteiger partial charge in [-0.1, -0.05) is 48.5 Å². The van der Waals surface area contributed by atoms with Gasteiger partial charge in [0.15, 0.2) is 0 Å². The highest BCUT2D eigenvalue weighted by atomic mass is 19.4. The van der Waals surface area contributed by atoms with Crippen molar-refractivity contribution in [3.8, 4) is 11.5 Å². The molecular formula is C28H23F3N2O5. The molecule has 2 fully saturated rings. The molecule has 2 aliphatic heterocycles. The van der Waals surface area contributed by atoms with Crippen LogP contribution in [0.2, 0.25) is 0 Å². The fourth-order valence-corrected chi connectivity index (χ4v) is 5.25. The molecule has 3 aromatic carbocycles. The summed E-state index contributed by atoms with van der Waals surface area (Å²) in [7, 11) is 0. The van der Waals surface area contributed by atoms with Crippen LogP contribution in [0.3, 0.4) is 0 Å². The zero-order chi connectivity index (χ0) is 27.2. The van der Waals surface area contributed by atoms with E-state index in [1.165, 1.54) is 31.2 Å². The van der Waals surface area contributed by atoms with Crippen LogP contribution in [0.25, 0.3) is 0 Å². The molecular weight excluding hydrogens is 501 g/mol. The molecule has 10 heteroatoms. The van der Waals surface area contributed by atoms with Gasteiger partial charge >= 0.3 is 12.1 Å².